The number of amides is 1. The Morgan fingerprint density at radius 1 is 1.24 bits per heavy atom. The van der Waals surface area contributed by atoms with Crippen LogP contribution in [0.25, 0.3) is 0 Å². The Kier molecular flexibility index (Phi) is 4.24. The lowest BCUT2D eigenvalue weighted by atomic mass is 9.92. The average Bonchev–Trinajstić information content (AvgIpc) is 3.16. The van der Waals surface area contributed by atoms with Crippen molar-refractivity contribution in [3.8, 4) is 6.07 Å². The SMILES string of the molecule is N#CC1=C2SCN(c3ccc(F)cc3)CN2C(=O)C[C@@H]1c1cccs1. The van der Waals surface area contributed by atoms with E-state index in [1.807, 2.05) is 22.4 Å². The number of halogens is 1. The van der Waals surface area contributed by atoms with Crippen molar-refractivity contribution in [1.29, 1.82) is 5.26 Å². The molecule has 4 rings (SSSR count). The molecule has 1 atom stereocenters. The van der Waals surface area contributed by atoms with E-state index >= 15 is 0 Å². The molecule has 25 heavy (non-hydrogen) atoms. The van der Waals surface area contributed by atoms with Gasteiger partial charge in [-0.1, -0.05) is 17.8 Å². The molecule has 0 saturated carbocycles. The van der Waals surface area contributed by atoms with Crippen molar-refractivity contribution in [3.05, 3.63) is 63.1 Å². The van der Waals surface area contributed by atoms with Crippen LogP contribution in [0.1, 0.15) is 17.2 Å². The Bertz CT molecular complexity index is 871. The largest absolute Gasteiger partial charge is 0.344 e. The van der Waals surface area contributed by atoms with E-state index in [4.69, 9.17) is 0 Å². The zero-order valence-electron chi connectivity index (χ0n) is 13.2. The van der Waals surface area contributed by atoms with Gasteiger partial charge in [-0.3, -0.25) is 9.69 Å². The van der Waals surface area contributed by atoms with Gasteiger partial charge in [0.05, 0.1) is 29.2 Å². The fourth-order valence-electron chi connectivity index (χ4n) is 3.11. The van der Waals surface area contributed by atoms with Crippen molar-refractivity contribution < 1.29 is 9.18 Å². The highest BCUT2D eigenvalue weighted by atomic mass is 32.2. The molecule has 0 aliphatic carbocycles. The Labute approximate surface area is 153 Å². The third-order valence-electron chi connectivity index (χ3n) is 4.37. The van der Waals surface area contributed by atoms with Gasteiger partial charge in [0.1, 0.15) is 5.82 Å². The van der Waals surface area contributed by atoms with E-state index in [0.717, 1.165) is 15.6 Å². The first-order valence-electron chi connectivity index (χ1n) is 7.78. The number of nitrogens with zero attached hydrogens (tertiary/aromatic N) is 3. The van der Waals surface area contributed by atoms with Gasteiger partial charge in [-0.25, -0.2) is 4.39 Å². The van der Waals surface area contributed by atoms with E-state index < -0.39 is 0 Å². The molecule has 2 aliphatic heterocycles. The summed E-state index contributed by atoms with van der Waals surface area (Å²) < 4.78 is 13.1. The number of carbonyl (C=O) groups is 1. The number of thiophene rings is 1. The Morgan fingerprint density at radius 3 is 2.72 bits per heavy atom. The molecule has 3 heterocycles. The van der Waals surface area contributed by atoms with Gasteiger partial charge in [-0.15, -0.1) is 11.3 Å². The highest BCUT2D eigenvalue weighted by Crippen LogP contribution is 2.44. The fraction of sp³-hybridized carbons (Fsp3) is 0.222. The van der Waals surface area contributed by atoms with Gasteiger partial charge in [0, 0.05) is 22.9 Å². The molecule has 1 aromatic heterocycles. The smallest absolute Gasteiger partial charge is 0.229 e. The Morgan fingerprint density at radius 2 is 2.04 bits per heavy atom. The van der Waals surface area contributed by atoms with Crippen LogP contribution in [0.2, 0.25) is 0 Å². The number of allylic oxidation sites excluding steroid dienone is 1. The van der Waals surface area contributed by atoms with Crippen LogP contribution in [0.4, 0.5) is 10.1 Å². The minimum absolute atomic E-state index is 0.0201. The topological polar surface area (TPSA) is 47.3 Å². The zero-order chi connectivity index (χ0) is 17.4. The third-order valence-corrected chi connectivity index (χ3v) is 6.51. The molecular formula is C18H14FN3OS2. The summed E-state index contributed by atoms with van der Waals surface area (Å²) in [5.74, 6) is 0.210. The van der Waals surface area contributed by atoms with E-state index in [1.165, 1.54) is 23.9 Å². The number of fused-ring (bicyclic) bond motifs is 1. The van der Waals surface area contributed by atoms with Crippen molar-refractivity contribution >= 4 is 34.7 Å². The molecule has 0 unspecified atom stereocenters. The summed E-state index contributed by atoms with van der Waals surface area (Å²) in [5, 5.41) is 12.4. The normalized spacial score (nSPS) is 20.5. The van der Waals surface area contributed by atoms with Crippen molar-refractivity contribution in [1.82, 2.24) is 4.90 Å². The number of anilines is 1. The molecule has 1 amide bonds. The van der Waals surface area contributed by atoms with Crippen LogP contribution >= 0.6 is 23.1 Å². The lowest BCUT2D eigenvalue weighted by Gasteiger charge is -2.41. The molecule has 2 aliphatic rings. The third kappa shape index (κ3) is 2.92. The maximum atomic E-state index is 13.1. The van der Waals surface area contributed by atoms with Crippen LogP contribution in [-0.4, -0.2) is 23.4 Å². The van der Waals surface area contributed by atoms with Crippen molar-refractivity contribution in [3.63, 3.8) is 0 Å². The molecule has 4 nitrogen and oxygen atoms in total. The lowest BCUT2D eigenvalue weighted by molar-refractivity contribution is -0.129. The highest BCUT2D eigenvalue weighted by molar-refractivity contribution is 8.03. The summed E-state index contributed by atoms with van der Waals surface area (Å²) in [4.78, 5) is 17.5. The van der Waals surface area contributed by atoms with Gasteiger partial charge >= 0.3 is 0 Å². The number of hydrogen-bond donors (Lipinski definition) is 0. The lowest BCUT2D eigenvalue weighted by Crippen LogP contribution is -2.47. The molecule has 1 fully saturated rings. The second-order valence-electron chi connectivity index (χ2n) is 5.86. The molecular weight excluding hydrogens is 357 g/mol. The summed E-state index contributed by atoms with van der Waals surface area (Å²) >= 11 is 3.07. The minimum Gasteiger partial charge on any atom is -0.344 e. The van der Waals surface area contributed by atoms with Gasteiger partial charge in [-0.2, -0.15) is 5.26 Å². The fourth-order valence-corrected chi connectivity index (χ4v) is 5.11. The van der Waals surface area contributed by atoms with Gasteiger partial charge < -0.3 is 4.90 Å². The van der Waals surface area contributed by atoms with E-state index in [1.54, 1.807) is 28.4 Å². The molecule has 1 aromatic carbocycles. The first kappa shape index (κ1) is 16.2. The standard InChI is InChI=1S/C18H14FN3OS2/c19-12-3-5-13(6-4-12)21-10-22-17(23)8-14(16-2-1-7-24-16)15(9-20)18(22)25-11-21/h1-7,14H,8,10-11H2/t14-/m0/s1. The molecule has 1 saturated heterocycles. The van der Waals surface area contributed by atoms with Gasteiger partial charge in [-0.05, 0) is 35.7 Å². The maximum Gasteiger partial charge on any atom is 0.229 e. The summed E-state index contributed by atoms with van der Waals surface area (Å²) in [6.07, 6.45) is 0.310. The number of hydrogen-bond acceptors (Lipinski definition) is 5. The molecule has 2 aromatic rings. The van der Waals surface area contributed by atoms with E-state index in [9.17, 15) is 14.4 Å². The molecule has 0 bridgehead atoms. The molecule has 0 spiro atoms. The minimum atomic E-state index is -0.284. The van der Waals surface area contributed by atoms with Crippen LogP contribution in [-0.2, 0) is 4.79 Å². The monoisotopic (exact) mass is 371 g/mol. The van der Waals surface area contributed by atoms with Crippen LogP contribution in [0.3, 0.4) is 0 Å². The summed E-state index contributed by atoms with van der Waals surface area (Å²) in [6.45, 7) is 0.384. The first-order valence-corrected chi connectivity index (χ1v) is 9.65. The molecule has 7 heteroatoms. The zero-order valence-corrected chi connectivity index (χ0v) is 14.8. The van der Waals surface area contributed by atoms with Crippen molar-refractivity contribution in [2.24, 2.45) is 0 Å². The highest BCUT2D eigenvalue weighted by Gasteiger charge is 2.38. The first-order chi connectivity index (χ1) is 12.2. The number of nitriles is 1. The maximum absolute atomic E-state index is 13.1. The van der Waals surface area contributed by atoms with E-state index in [0.29, 0.717) is 24.5 Å². The van der Waals surface area contributed by atoms with Gasteiger partial charge in [0.15, 0.2) is 0 Å². The second kappa shape index (κ2) is 6.54. The number of rotatable bonds is 2. The van der Waals surface area contributed by atoms with Crippen molar-refractivity contribution in [2.45, 2.75) is 12.3 Å². The second-order valence-corrected chi connectivity index (χ2v) is 7.77. The van der Waals surface area contributed by atoms with Gasteiger partial charge in [0.25, 0.3) is 0 Å². The molecule has 0 radical (unpaired) electrons. The predicted molar refractivity (Wildman–Crippen MR) is 97.4 cm³/mol. The van der Waals surface area contributed by atoms with Crippen LogP contribution < -0.4 is 4.90 Å². The number of thioether (sulfide) groups is 1. The van der Waals surface area contributed by atoms with Crippen LogP contribution in [0.5, 0.6) is 0 Å². The summed E-state index contributed by atoms with van der Waals surface area (Å²) in [6, 6.07) is 12.5. The quantitative estimate of drug-likeness (QED) is 0.797. The number of carbonyl (C=O) groups excluding carboxylic acids is 1. The van der Waals surface area contributed by atoms with Crippen LogP contribution in [0, 0.1) is 17.1 Å². The Balaban J connectivity index is 1.65. The molecule has 0 N–H and O–H groups in total. The predicted octanol–water partition coefficient (Wildman–Crippen LogP) is 4.11. The summed E-state index contributed by atoms with van der Waals surface area (Å²) in [5.41, 5.74) is 1.53. The molecule has 126 valence electrons. The van der Waals surface area contributed by atoms with E-state index in [2.05, 4.69) is 6.07 Å². The summed E-state index contributed by atoms with van der Waals surface area (Å²) in [7, 11) is 0. The van der Waals surface area contributed by atoms with E-state index in [-0.39, 0.29) is 17.6 Å². The van der Waals surface area contributed by atoms with Gasteiger partial charge in [0.2, 0.25) is 5.91 Å². The van der Waals surface area contributed by atoms with Crippen LogP contribution in [0.15, 0.2) is 52.4 Å². The number of benzene rings is 1. The Hall–Kier alpha value is -2.30. The van der Waals surface area contributed by atoms with Crippen molar-refractivity contribution in [2.75, 3.05) is 17.4 Å². The average molecular weight is 371 g/mol.